The van der Waals surface area contributed by atoms with Crippen LogP contribution < -0.4 is 11.6 Å². The highest BCUT2D eigenvalue weighted by Gasteiger charge is 2.11. The lowest BCUT2D eigenvalue weighted by atomic mass is 10.1. The molecule has 0 saturated heterocycles. The van der Waals surface area contributed by atoms with Crippen molar-refractivity contribution < 1.29 is 0 Å². The highest BCUT2D eigenvalue weighted by atomic mass is 15.3. The van der Waals surface area contributed by atoms with Gasteiger partial charge in [-0.1, -0.05) is 18.2 Å². The molecule has 5 nitrogen and oxygen atoms in total. The number of nitrogen functional groups attached to an aromatic ring is 2. The topological polar surface area (TPSA) is 74.8 Å². The molecule has 3 aromatic rings. The van der Waals surface area contributed by atoms with Gasteiger partial charge in [0.05, 0.1) is 11.9 Å². The second-order valence-corrected chi connectivity index (χ2v) is 4.06. The van der Waals surface area contributed by atoms with Crippen LogP contribution in [0.15, 0.2) is 36.7 Å². The minimum Gasteiger partial charge on any atom is -0.368 e. The molecule has 0 amide bonds. The van der Waals surface area contributed by atoms with Gasteiger partial charge < -0.3 is 16.1 Å². The maximum absolute atomic E-state index is 5.65. The summed E-state index contributed by atoms with van der Waals surface area (Å²) in [5, 5.41) is 1.15. The van der Waals surface area contributed by atoms with Crippen LogP contribution in [0.1, 0.15) is 0 Å². The largest absolute Gasteiger partial charge is 0.368 e. The van der Waals surface area contributed by atoms with Crippen LogP contribution in [0.3, 0.4) is 0 Å². The number of para-hydroxylation sites is 1. The molecule has 17 heavy (non-hydrogen) atoms. The van der Waals surface area contributed by atoms with Crippen molar-refractivity contribution in [3.63, 3.8) is 0 Å². The summed E-state index contributed by atoms with van der Waals surface area (Å²) in [7, 11) is 2.01. The van der Waals surface area contributed by atoms with Gasteiger partial charge in [0.1, 0.15) is 0 Å². The first-order chi connectivity index (χ1) is 8.16. The Morgan fingerprint density at radius 3 is 2.65 bits per heavy atom. The Balaban J connectivity index is 2.30. The fourth-order valence-corrected chi connectivity index (χ4v) is 2.08. The zero-order valence-electron chi connectivity index (χ0n) is 9.46. The van der Waals surface area contributed by atoms with Crippen molar-refractivity contribution in [2.75, 3.05) is 11.6 Å². The van der Waals surface area contributed by atoms with E-state index in [1.165, 1.54) is 4.68 Å². The Morgan fingerprint density at radius 1 is 1.18 bits per heavy atom. The number of anilines is 1. The zero-order valence-corrected chi connectivity index (χ0v) is 9.46. The van der Waals surface area contributed by atoms with Crippen molar-refractivity contribution in [2.24, 2.45) is 7.05 Å². The molecule has 2 heterocycles. The van der Waals surface area contributed by atoms with Gasteiger partial charge in [0.2, 0.25) is 5.95 Å². The van der Waals surface area contributed by atoms with Crippen LogP contribution in [0.25, 0.3) is 22.2 Å². The molecule has 5 heteroatoms. The number of aromatic nitrogens is 3. The van der Waals surface area contributed by atoms with Crippen molar-refractivity contribution in [3.8, 4) is 11.3 Å². The molecular weight excluding hydrogens is 214 g/mol. The first kappa shape index (κ1) is 9.77. The van der Waals surface area contributed by atoms with Gasteiger partial charge in [-0.25, -0.2) is 9.66 Å². The Morgan fingerprint density at radius 2 is 1.94 bits per heavy atom. The lowest BCUT2D eigenvalue weighted by Gasteiger charge is -1.93. The van der Waals surface area contributed by atoms with Gasteiger partial charge >= 0.3 is 0 Å². The molecule has 0 bridgehead atoms. The van der Waals surface area contributed by atoms with Crippen LogP contribution in [0.2, 0.25) is 0 Å². The fraction of sp³-hybridized carbons (Fsp3) is 0.0833. The van der Waals surface area contributed by atoms with E-state index in [9.17, 15) is 0 Å². The van der Waals surface area contributed by atoms with E-state index in [0.29, 0.717) is 5.95 Å². The average molecular weight is 227 g/mol. The van der Waals surface area contributed by atoms with Crippen molar-refractivity contribution in [1.82, 2.24) is 14.2 Å². The number of fused-ring (bicyclic) bond motifs is 1. The summed E-state index contributed by atoms with van der Waals surface area (Å²) in [4.78, 5) is 4.25. The Bertz CT molecular complexity index is 673. The van der Waals surface area contributed by atoms with Crippen molar-refractivity contribution >= 4 is 16.9 Å². The number of nitrogens with zero attached hydrogens (tertiary/aromatic N) is 3. The summed E-state index contributed by atoms with van der Waals surface area (Å²) in [6, 6.07) is 8.16. The molecule has 0 atom stereocenters. The van der Waals surface area contributed by atoms with Gasteiger partial charge in [0.15, 0.2) is 0 Å². The smallest absolute Gasteiger partial charge is 0.219 e. The molecule has 3 rings (SSSR count). The summed E-state index contributed by atoms with van der Waals surface area (Å²) in [5.74, 6) is 5.96. The fourth-order valence-electron chi connectivity index (χ4n) is 2.08. The van der Waals surface area contributed by atoms with Crippen molar-refractivity contribution in [1.29, 1.82) is 0 Å². The third-order valence-corrected chi connectivity index (χ3v) is 2.93. The maximum Gasteiger partial charge on any atom is 0.219 e. The quantitative estimate of drug-likeness (QED) is 0.616. The summed E-state index contributed by atoms with van der Waals surface area (Å²) in [5.41, 5.74) is 8.64. The molecule has 0 spiro atoms. The lowest BCUT2D eigenvalue weighted by molar-refractivity contribution is 0.969. The number of nitrogens with two attached hydrogens (primary N) is 2. The minimum atomic E-state index is 0.313. The van der Waals surface area contributed by atoms with Crippen molar-refractivity contribution in [2.45, 2.75) is 0 Å². The number of hydrogen-bond acceptors (Lipinski definition) is 3. The standard InChI is InChI=1S/C12H13N5/c1-16-6-9(8-4-2-3-5-11(8)16)10-7-17(14)12(13)15-10/h2-7H,14H2,1H3,(H2,13,15). The van der Waals surface area contributed by atoms with Gasteiger partial charge in [-0.2, -0.15) is 0 Å². The number of rotatable bonds is 1. The van der Waals surface area contributed by atoms with E-state index in [0.717, 1.165) is 22.2 Å². The van der Waals surface area contributed by atoms with E-state index < -0.39 is 0 Å². The third-order valence-electron chi connectivity index (χ3n) is 2.93. The first-order valence-electron chi connectivity index (χ1n) is 5.31. The second-order valence-electron chi connectivity index (χ2n) is 4.06. The van der Waals surface area contributed by atoms with Gasteiger partial charge in [0.25, 0.3) is 0 Å². The van der Waals surface area contributed by atoms with Crippen LogP contribution in [0.4, 0.5) is 5.95 Å². The molecule has 86 valence electrons. The Labute approximate surface area is 98.2 Å². The molecule has 2 aromatic heterocycles. The minimum absolute atomic E-state index is 0.313. The Hall–Kier alpha value is -2.43. The van der Waals surface area contributed by atoms with E-state index in [1.54, 1.807) is 6.20 Å². The monoisotopic (exact) mass is 227 g/mol. The predicted molar refractivity (Wildman–Crippen MR) is 68.7 cm³/mol. The first-order valence-corrected chi connectivity index (χ1v) is 5.31. The highest BCUT2D eigenvalue weighted by molar-refractivity contribution is 5.95. The average Bonchev–Trinajstić information content (AvgIpc) is 2.82. The van der Waals surface area contributed by atoms with Crippen molar-refractivity contribution in [3.05, 3.63) is 36.7 Å². The molecule has 0 radical (unpaired) electrons. The number of aryl methyl sites for hydroxylation is 1. The molecule has 0 aliphatic rings. The lowest BCUT2D eigenvalue weighted by Crippen LogP contribution is -2.09. The van der Waals surface area contributed by atoms with E-state index in [1.807, 2.05) is 25.4 Å². The maximum atomic E-state index is 5.65. The van der Waals surface area contributed by atoms with E-state index in [-0.39, 0.29) is 0 Å². The molecule has 0 fully saturated rings. The summed E-state index contributed by atoms with van der Waals surface area (Å²) >= 11 is 0. The van der Waals surface area contributed by atoms with E-state index >= 15 is 0 Å². The van der Waals surface area contributed by atoms with Gasteiger partial charge in [-0.3, -0.25) is 0 Å². The highest BCUT2D eigenvalue weighted by Crippen LogP contribution is 2.29. The molecule has 4 N–H and O–H groups in total. The normalized spacial score (nSPS) is 11.1. The number of hydrogen-bond donors (Lipinski definition) is 2. The van der Waals surface area contributed by atoms with Crippen LogP contribution in [-0.4, -0.2) is 14.2 Å². The summed E-state index contributed by atoms with van der Waals surface area (Å²) in [6.07, 6.45) is 3.77. The number of imidazole rings is 1. The van der Waals surface area contributed by atoms with Crippen LogP contribution in [-0.2, 0) is 7.05 Å². The molecule has 0 unspecified atom stereocenters. The summed E-state index contributed by atoms with van der Waals surface area (Å²) in [6.45, 7) is 0. The predicted octanol–water partition coefficient (Wildman–Crippen LogP) is 1.34. The van der Waals surface area contributed by atoms with Crippen LogP contribution in [0, 0.1) is 0 Å². The molecule has 0 aliphatic carbocycles. The van der Waals surface area contributed by atoms with Gasteiger partial charge in [0, 0.05) is 29.7 Å². The van der Waals surface area contributed by atoms with Gasteiger partial charge in [-0.15, -0.1) is 0 Å². The van der Waals surface area contributed by atoms with Crippen LogP contribution in [0.5, 0.6) is 0 Å². The molecule has 1 aromatic carbocycles. The molecule has 0 saturated carbocycles. The van der Waals surface area contributed by atoms with Gasteiger partial charge in [-0.05, 0) is 6.07 Å². The summed E-state index contributed by atoms with van der Waals surface area (Å²) < 4.78 is 3.40. The zero-order chi connectivity index (χ0) is 12.0. The third kappa shape index (κ3) is 1.36. The van der Waals surface area contributed by atoms with E-state index in [4.69, 9.17) is 11.6 Å². The van der Waals surface area contributed by atoms with Crippen LogP contribution >= 0.6 is 0 Å². The van der Waals surface area contributed by atoms with E-state index in [2.05, 4.69) is 21.7 Å². The molecule has 0 aliphatic heterocycles. The second kappa shape index (κ2) is 3.28. The molecular formula is C12H13N5. The SMILES string of the molecule is Cn1cc(-c2cn(N)c(N)n2)c2ccccc21. The number of benzene rings is 1. The Kier molecular flexibility index (Phi) is 1.89.